The van der Waals surface area contributed by atoms with Crippen LogP contribution in [0.5, 0.6) is 0 Å². The van der Waals surface area contributed by atoms with Crippen LogP contribution in [0, 0.1) is 0 Å². The number of halogens is 1. The number of nitrogens with zero attached hydrogens (tertiary/aromatic N) is 2. The highest BCUT2D eigenvalue weighted by atomic mass is 35.5. The fourth-order valence-corrected chi connectivity index (χ4v) is 1.98. The van der Waals surface area contributed by atoms with Crippen LogP contribution in [0.4, 0.5) is 10.5 Å². The molecule has 0 saturated heterocycles. The number of carbonyl (C=O) groups is 1. The molecule has 1 aliphatic carbocycles. The van der Waals surface area contributed by atoms with E-state index in [4.69, 9.17) is 22.5 Å². The van der Waals surface area contributed by atoms with Crippen molar-refractivity contribution in [1.29, 1.82) is 0 Å². The van der Waals surface area contributed by atoms with Crippen LogP contribution in [0.1, 0.15) is 19.3 Å². The average molecular weight is 297 g/mol. The van der Waals surface area contributed by atoms with Gasteiger partial charge in [-0.15, -0.1) is 0 Å². The number of benzene rings is 1. The SMILES string of the molecule is NC(CCN(C(=O)Nc1ccc(Cl)cc1)C1CC1)=NO. The minimum Gasteiger partial charge on any atom is -0.409 e. The topological polar surface area (TPSA) is 91.0 Å². The van der Waals surface area contributed by atoms with E-state index in [1.807, 2.05) is 0 Å². The van der Waals surface area contributed by atoms with Crippen LogP contribution in [0.15, 0.2) is 29.4 Å². The Labute approximate surface area is 122 Å². The van der Waals surface area contributed by atoms with Gasteiger partial charge in [-0.1, -0.05) is 16.8 Å². The first-order valence-electron chi connectivity index (χ1n) is 6.39. The van der Waals surface area contributed by atoms with E-state index in [1.54, 1.807) is 29.2 Å². The summed E-state index contributed by atoms with van der Waals surface area (Å²) >= 11 is 5.80. The van der Waals surface area contributed by atoms with E-state index in [0.29, 0.717) is 23.7 Å². The highest BCUT2D eigenvalue weighted by Crippen LogP contribution is 2.27. The van der Waals surface area contributed by atoms with Gasteiger partial charge in [0.1, 0.15) is 5.84 Å². The Morgan fingerprint density at radius 2 is 2.10 bits per heavy atom. The van der Waals surface area contributed by atoms with Crippen LogP contribution in [-0.4, -0.2) is 34.6 Å². The summed E-state index contributed by atoms with van der Waals surface area (Å²) in [7, 11) is 0. The Balaban J connectivity index is 1.94. The van der Waals surface area contributed by atoms with Gasteiger partial charge in [0.2, 0.25) is 0 Å². The Bertz CT molecular complexity index is 500. The third-order valence-electron chi connectivity index (χ3n) is 3.08. The summed E-state index contributed by atoms with van der Waals surface area (Å²) < 4.78 is 0. The molecule has 1 fully saturated rings. The summed E-state index contributed by atoms with van der Waals surface area (Å²) in [5.41, 5.74) is 6.13. The van der Waals surface area contributed by atoms with Crippen molar-refractivity contribution in [1.82, 2.24) is 4.90 Å². The number of anilines is 1. The normalized spacial score (nSPS) is 14.9. The molecule has 108 valence electrons. The number of carbonyl (C=O) groups excluding carboxylic acids is 1. The van der Waals surface area contributed by atoms with Gasteiger partial charge in [-0.25, -0.2) is 4.79 Å². The second-order valence-electron chi connectivity index (χ2n) is 4.70. The van der Waals surface area contributed by atoms with Crippen molar-refractivity contribution in [2.75, 3.05) is 11.9 Å². The molecule has 0 spiro atoms. The highest BCUT2D eigenvalue weighted by Gasteiger charge is 2.32. The number of rotatable bonds is 5. The van der Waals surface area contributed by atoms with Crippen molar-refractivity contribution in [3.05, 3.63) is 29.3 Å². The number of hydrogen-bond donors (Lipinski definition) is 3. The molecule has 0 bridgehead atoms. The molecule has 0 radical (unpaired) electrons. The average Bonchev–Trinajstić information content (AvgIpc) is 3.26. The first kappa shape index (κ1) is 14.5. The lowest BCUT2D eigenvalue weighted by molar-refractivity contribution is 0.210. The Morgan fingerprint density at radius 3 is 2.65 bits per heavy atom. The van der Waals surface area contributed by atoms with Gasteiger partial charge in [-0.3, -0.25) is 0 Å². The van der Waals surface area contributed by atoms with Crippen molar-refractivity contribution in [2.24, 2.45) is 10.9 Å². The zero-order valence-corrected chi connectivity index (χ0v) is 11.7. The molecule has 0 atom stereocenters. The first-order chi connectivity index (χ1) is 9.60. The van der Waals surface area contributed by atoms with Crippen LogP contribution < -0.4 is 11.1 Å². The van der Waals surface area contributed by atoms with Crippen LogP contribution >= 0.6 is 11.6 Å². The fourth-order valence-electron chi connectivity index (χ4n) is 1.85. The molecule has 2 amide bonds. The van der Waals surface area contributed by atoms with Gasteiger partial charge >= 0.3 is 6.03 Å². The van der Waals surface area contributed by atoms with Gasteiger partial charge in [-0.05, 0) is 37.1 Å². The summed E-state index contributed by atoms with van der Waals surface area (Å²) in [6.45, 7) is 0.431. The number of nitrogens with one attached hydrogen (secondary N) is 1. The number of hydrogen-bond acceptors (Lipinski definition) is 3. The molecule has 7 heteroatoms. The quantitative estimate of drug-likeness (QED) is 0.337. The van der Waals surface area contributed by atoms with Crippen molar-refractivity contribution in [3.63, 3.8) is 0 Å². The largest absolute Gasteiger partial charge is 0.409 e. The van der Waals surface area contributed by atoms with E-state index >= 15 is 0 Å². The van der Waals surface area contributed by atoms with Crippen LogP contribution in [0.3, 0.4) is 0 Å². The second kappa shape index (κ2) is 6.47. The van der Waals surface area contributed by atoms with Crippen molar-refractivity contribution in [3.8, 4) is 0 Å². The first-order valence-corrected chi connectivity index (χ1v) is 6.77. The summed E-state index contributed by atoms with van der Waals surface area (Å²) in [5, 5.41) is 14.9. The zero-order valence-electron chi connectivity index (χ0n) is 10.9. The maximum Gasteiger partial charge on any atom is 0.322 e. The lowest BCUT2D eigenvalue weighted by Crippen LogP contribution is -2.38. The third kappa shape index (κ3) is 4.03. The van der Waals surface area contributed by atoms with Gasteiger partial charge in [-0.2, -0.15) is 0 Å². The van der Waals surface area contributed by atoms with Gasteiger partial charge in [0, 0.05) is 29.7 Å². The minimum absolute atomic E-state index is 0.120. The number of amidine groups is 1. The van der Waals surface area contributed by atoms with Gasteiger partial charge in [0.25, 0.3) is 0 Å². The number of amides is 2. The molecule has 0 aliphatic heterocycles. The lowest BCUT2D eigenvalue weighted by atomic mass is 10.3. The Hall–Kier alpha value is -1.95. The Morgan fingerprint density at radius 1 is 1.45 bits per heavy atom. The number of urea groups is 1. The van der Waals surface area contributed by atoms with Crippen LogP contribution in [-0.2, 0) is 0 Å². The van der Waals surface area contributed by atoms with E-state index < -0.39 is 0 Å². The van der Waals surface area contributed by atoms with E-state index in [0.717, 1.165) is 12.8 Å². The fraction of sp³-hybridized carbons (Fsp3) is 0.385. The molecule has 1 aromatic carbocycles. The van der Waals surface area contributed by atoms with Crippen LogP contribution in [0.25, 0.3) is 0 Å². The molecular formula is C13H17ClN4O2. The maximum atomic E-state index is 12.2. The van der Waals surface area contributed by atoms with Crippen LogP contribution in [0.2, 0.25) is 5.02 Å². The Kier molecular flexibility index (Phi) is 4.68. The number of nitrogens with two attached hydrogens (primary N) is 1. The molecule has 1 aromatic rings. The summed E-state index contributed by atoms with van der Waals surface area (Å²) in [4.78, 5) is 13.9. The predicted molar refractivity (Wildman–Crippen MR) is 78.2 cm³/mol. The molecule has 0 unspecified atom stereocenters. The van der Waals surface area contributed by atoms with E-state index in [9.17, 15) is 4.79 Å². The van der Waals surface area contributed by atoms with Gasteiger partial charge < -0.3 is 21.2 Å². The van der Waals surface area contributed by atoms with E-state index in [1.165, 1.54) is 0 Å². The lowest BCUT2D eigenvalue weighted by Gasteiger charge is -2.22. The van der Waals surface area contributed by atoms with E-state index in [2.05, 4.69) is 10.5 Å². The summed E-state index contributed by atoms with van der Waals surface area (Å²) in [6.07, 6.45) is 2.33. The van der Waals surface area contributed by atoms with Crippen molar-refractivity contribution in [2.45, 2.75) is 25.3 Å². The van der Waals surface area contributed by atoms with Crippen molar-refractivity contribution >= 4 is 29.2 Å². The molecule has 4 N–H and O–H groups in total. The van der Waals surface area contributed by atoms with Crippen molar-refractivity contribution < 1.29 is 10.0 Å². The zero-order chi connectivity index (χ0) is 14.5. The molecule has 2 rings (SSSR count). The summed E-state index contributed by atoms with van der Waals surface area (Å²) in [5.74, 6) is 0.120. The monoisotopic (exact) mass is 296 g/mol. The molecule has 0 aromatic heterocycles. The predicted octanol–water partition coefficient (Wildman–Crippen LogP) is 2.47. The van der Waals surface area contributed by atoms with Gasteiger partial charge in [0.05, 0.1) is 0 Å². The molecule has 6 nitrogen and oxygen atoms in total. The number of oxime groups is 1. The standard InChI is InChI=1S/C13H17ClN4O2/c14-9-1-3-10(4-2-9)16-13(19)18(11-5-6-11)8-7-12(15)17-20/h1-4,11,20H,5-8H2,(H2,15,17)(H,16,19). The van der Waals surface area contributed by atoms with Gasteiger partial charge in [0.15, 0.2) is 0 Å². The smallest absolute Gasteiger partial charge is 0.322 e. The summed E-state index contributed by atoms with van der Waals surface area (Å²) in [6, 6.07) is 6.99. The molecule has 20 heavy (non-hydrogen) atoms. The molecule has 1 aliphatic rings. The maximum absolute atomic E-state index is 12.2. The molecular weight excluding hydrogens is 280 g/mol. The van der Waals surface area contributed by atoms with E-state index in [-0.39, 0.29) is 17.9 Å². The second-order valence-corrected chi connectivity index (χ2v) is 5.14. The highest BCUT2D eigenvalue weighted by molar-refractivity contribution is 6.30. The molecule has 0 heterocycles. The third-order valence-corrected chi connectivity index (χ3v) is 3.33. The minimum atomic E-state index is -0.180. The molecule has 1 saturated carbocycles.